The summed E-state index contributed by atoms with van der Waals surface area (Å²) in [6.45, 7) is 0. The zero-order valence-corrected chi connectivity index (χ0v) is 10.4. The molecule has 6 heteroatoms. The fourth-order valence-electron chi connectivity index (χ4n) is 1.89. The van der Waals surface area contributed by atoms with Crippen LogP contribution in [0, 0.1) is 5.92 Å². The predicted octanol–water partition coefficient (Wildman–Crippen LogP) is 3.28. The Bertz CT molecular complexity index is 412. The maximum atomic E-state index is 12.4. The Morgan fingerprint density at radius 3 is 2.32 bits per heavy atom. The van der Waals surface area contributed by atoms with Gasteiger partial charge in [0.1, 0.15) is 5.75 Å². The van der Waals surface area contributed by atoms with E-state index in [1.54, 1.807) is 24.3 Å². The first-order chi connectivity index (χ1) is 8.80. The number of benzene rings is 1. The number of methoxy groups -OCH3 is 1. The van der Waals surface area contributed by atoms with Crippen molar-refractivity contribution in [3.63, 3.8) is 0 Å². The summed E-state index contributed by atoms with van der Waals surface area (Å²) in [7, 11) is 1.49. The molecule has 3 nitrogen and oxygen atoms in total. The van der Waals surface area contributed by atoms with E-state index in [9.17, 15) is 18.0 Å². The van der Waals surface area contributed by atoms with Gasteiger partial charge in [0.25, 0.3) is 0 Å². The van der Waals surface area contributed by atoms with Crippen LogP contribution in [0.1, 0.15) is 18.4 Å². The highest BCUT2D eigenvalue weighted by atomic mass is 19.4. The fourth-order valence-corrected chi connectivity index (χ4v) is 1.89. The average Bonchev–Trinajstić information content (AvgIpc) is 2.26. The lowest BCUT2D eigenvalue weighted by molar-refractivity contribution is -0.150. The number of carboxylic acids is 1. The number of ether oxygens (including phenoxy) is 1. The standard InChI is InChI=1S/C13H15F3O3/c1-19-11-4-2-9(3-5-11)6-10(7-12(17)18)8-13(14,15)16/h2-5,10H,6-8H2,1H3,(H,17,18). The number of aliphatic carboxylic acids is 1. The van der Waals surface area contributed by atoms with Gasteiger partial charge in [0.05, 0.1) is 7.11 Å². The molecule has 0 heterocycles. The van der Waals surface area contributed by atoms with Gasteiger partial charge in [-0.2, -0.15) is 13.2 Å². The first-order valence-electron chi connectivity index (χ1n) is 5.71. The Kier molecular flexibility index (Phi) is 5.20. The molecule has 0 saturated heterocycles. The topological polar surface area (TPSA) is 46.5 Å². The molecule has 0 spiro atoms. The van der Waals surface area contributed by atoms with Crippen LogP contribution >= 0.6 is 0 Å². The van der Waals surface area contributed by atoms with E-state index in [1.807, 2.05) is 0 Å². The monoisotopic (exact) mass is 276 g/mol. The molecule has 19 heavy (non-hydrogen) atoms. The maximum Gasteiger partial charge on any atom is 0.389 e. The van der Waals surface area contributed by atoms with Crippen molar-refractivity contribution < 1.29 is 27.8 Å². The molecule has 106 valence electrons. The highest BCUT2D eigenvalue weighted by molar-refractivity contribution is 5.67. The molecule has 1 unspecified atom stereocenters. The molecule has 0 aliphatic rings. The summed E-state index contributed by atoms with van der Waals surface area (Å²) in [5.74, 6) is -1.57. The molecule has 1 N–H and O–H groups in total. The number of carboxylic acid groups (broad SMARTS) is 1. The van der Waals surface area contributed by atoms with Crippen LogP contribution in [0.4, 0.5) is 13.2 Å². The van der Waals surface area contributed by atoms with Gasteiger partial charge in [-0.25, -0.2) is 0 Å². The van der Waals surface area contributed by atoms with Crippen LogP contribution in [-0.2, 0) is 11.2 Å². The van der Waals surface area contributed by atoms with Crippen LogP contribution in [0.3, 0.4) is 0 Å². The summed E-state index contributed by atoms with van der Waals surface area (Å²) in [6.07, 6.45) is -5.86. The van der Waals surface area contributed by atoms with Gasteiger partial charge in [0, 0.05) is 12.8 Å². The minimum absolute atomic E-state index is 0.0792. The Labute approximate surface area is 109 Å². The van der Waals surface area contributed by atoms with Gasteiger partial charge in [-0.1, -0.05) is 12.1 Å². The lowest BCUT2D eigenvalue weighted by Gasteiger charge is -2.17. The molecule has 0 aliphatic heterocycles. The van der Waals surface area contributed by atoms with Crippen LogP contribution in [0.15, 0.2) is 24.3 Å². The van der Waals surface area contributed by atoms with Gasteiger partial charge in [-0.05, 0) is 30.0 Å². The molecule has 1 aromatic carbocycles. The molecule has 1 atom stereocenters. The zero-order chi connectivity index (χ0) is 14.5. The van der Waals surface area contributed by atoms with Gasteiger partial charge < -0.3 is 9.84 Å². The van der Waals surface area contributed by atoms with Gasteiger partial charge in [-0.15, -0.1) is 0 Å². The highest BCUT2D eigenvalue weighted by Crippen LogP contribution is 2.29. The number of alkyl halides is 3. The van der Waals surface area contributed by atoms with E-state index in [1.165, 1.54) is 7.11 Å². The minimum Gasteiger partial charge on any atom is -0.497 e. The molecular weight excluding hydrogens is 261 g/mol. The summed E-state index contributed by atoms with van der Waals surface area (Å²) >= 11 is 0. The van der Waals surface area contributed by atoms with E-state index in [2.05, 4.69) is 0 Å². The Hall–Kier alpha value is -1.72. The summed E-state index contributed by atoms with van der Waals surface area (Å²) in [4.78, 5) is 10.6. The van der Waals surface area contributed by atoms with Crippen molar-refractivity contribution in [2.45, 2.75) is 25.4 Å². The second-order valence-electron chi connectivity index (χ2n) is 4.34. The quantitative estimate of drug-likeness (QED) is 0.867. The third-order valence-electron chi connectivity index (χ3n) is 2.67. The third kappa shape index (κ3) is 6.13. The predicted molar refractivity (Wildman–Crippen MR) is 63.1 cm³/mol. The van der Waals surface area contributed by atoms with Crippen molar-refractivity contribution in [3.05, 3.63) is 29.8 Å². The SMILES string of the molecule is COc1ccc(CC(CC(=O)O)CC(F)(F)F)cc1. The van der Waals surface area contributed by atoms with E-state index < -0.39 is 30.9 Å². The van der Waals surface area contributed by atoms with E-state index in [0.29, 0.717) is 11.3 Å². The maximum absolute atomic E-state index is 12.4. The lowest BCUT2D eigenvalue weighted by atomic mass is 9.93. The number of carbonyl (C=O) groups is 1. The molecule has 0 bridgehead atoms. The van der Waals surface area contributed by atoms with Crippen molar-refractivity contribution in [1.29, 1.82) is 0 Å². The van der Waals surface area contributed by atoms with Crippen LogP contribution in [0.2, 0.25) is 0 Å². The van der Waals surface area contributed by atoms with Crippen molar-refractivity contribution in [1.82, 2.24) is 0 Å². The lowest BCUT2D eigenvalue weighted by Crippen LogP contribution is -2.19. The van der Waals surface area contributed by atoms with Crippen LogP contribution in [0.5, 0.6) is 5.75 Å². The molecule has 0 saturated carbocycles. The van der Waals surface area contributed by atoms with E-state index >= 15 is 0 Å². The molecule has 0 fully saturated rings. The first-order valence-corrected chi connectivity index (χ1v) is 5.71. The van der Waals surface area contributed by atoms with Crippen molar-refractivity contribution in [2.24, 2.45) is 5.92 Å². The number of hydrogen-bond donors (Lipinski definition) is 1. The molecule has 0 amide bonds. The van der Waals surface area contributed by atoms with E-state index in [0.717, 1.165) is 0 Å². The number of hydrogen-bond acceptors (Lipinski definition) is 2. The largest absolute Gasteiger partial charge is 0.497 e. The molecular formula is C13H15F3O3. The second kappa shape index (κ2) is 6.45. The summed E-state index contributed by atoms with van der Waals surface area (Å²) in [5, 5.41) is 8.65. The van der Waals surface area contributed by atoms with Crippen LogP contribution in [-0.4, -0.2) is 24.4 Å². The highest BCUT2D eigenvalue weighted by Gasteiger charge is 2.32. The second-order valence-corrected chi connectivity index (χ2v) is 4.34. The van der Waals surface area contributed by atoms with Gasteiger partial charge in [0.2, 0.25) is 0 Å². The number of rotatable bonds is 6. The minimum atomic E-state index is -4.35. The van der Waals surface area contributed by atoms with Crippen LogP contribution < -0.4 is 4.74 Å². The summed E-state index contributed by atoms with van der Waals surface area (Å²) in [5.41, 5.74) is 0.663. The zero-order valence-electron chi connectivity index (χ0n) is 10.4. The third-order valence-corrected chi connectivity index (χ3v) is 2.67. The van der Waals surface area contributed by atoms with Crippen LogP contribution in [0.25, 0.3) is 0 Å². The first kappa shape index (κ1) is 15.3. The van der Waals surface area contributed by atoms with Crippen molar-refractivity contribution in [3.8, 4) is 5.75 Å². The van der Waals surface area contributed by atoms with Gasteiger partial charge >= 0.3 is 12.1 Å². The van der Waals surface area contributed by atoms with Crippen molar-refractivity contribution in [2.75, 3.05) is 7.11 Å². The molecule has 0 aromatic heterocycles. The number of halogens is 3. The average molecular weight is 276 g/mol. The summed E-state index contributed by atoms with van der Waals surface area (Å²) in [6, 6.07) is 6.57. The van der Waals surface area contributed by atoms with Gasteiger partial charge in [-0.3, -0.25) is 4.79 Å². The Balaban J connectivity index is 2.72. The molecule has 0 radical (unpaired) electrons. The molecule has 0 aliphatic carbocycles. The van der Waals surface area contributed by atoms with E-state index in [4.69, 9.17) is 9.84 Å². The smallest absolute Gasteiger partial charge is 0.389 e. The fraction of sp³-hybridized carbons (Fsp3) is 0.462. The van der Waals surface area contributed by atoms with E-state index in [-0.39, 0.29) is 6.42 Å². The Morgan fingerprint density at radius 2 is 1.89 bits per heavy atom. The van der Waals surface area contributed by atoms with Gasteiger partial charge in [0.15, 0.2) is 0 Å². The molecule has 1 rings (SSSR count). The normalized spacial score (nSPS) is 13.1. The molecule has 1 aromatic rings. The summed E-state index contributed by atoms with van der Waals surface area (Å²) < 4.78 is 42.0. The Morgan fingerprint density at radius 1 is 1.32 bits per heavy atom. The van der Waals surface area contributed by atoms with Crippen molar-refractivity contribution >= 4 is 5.97 Å².